The lowest BCUT2D eigenvalue weighted by Crippen LogP contribution is -3.16. The van der Waals surface area contributed by atoms with Crippen LogP contribution in [-0.2, 0) is 11.3 Å². The number of nitrogens with zero attached hydrogens (tertiary/aromatic N) is 1. The molecule has 0 spiro atoms. The highest BCUT2D eigenvalue weighted by Gasteiger charge is 2.28. The van der Waals surface area contributed by atoms with E-state index in [4.69, 9.17) is 0 Å². The van der Waals surface area contributed by atoms with E-state index in [9.17, 15) is 9.59 Å². The molecule has 0 atom stereocenters. The van der Waals surface area contributed by atoms with Crippen molar-refractivity contribution in [1.29, 1.82) is 0 Å². The van der Waals surface area contributed by atoms with Crippen molar-refractivity contribution in [3.8, 4) is 0 Å². The van der Waals surface area contributed by atoms with Gasteiger partial charge in [0.2, 0.25) is 0 Å². The minimum atomic E-state index is 0.0915. The van der Waals surface area contributed by atoms with Crippen LogP contribution in [0, 0.1) is 0 Å². The molecule has 2 aromatic rings. The SMILES string of the molecule is O=C(C[NH+]1CCN(C(=O)c2ccccc2)CC1)NC1CC[NH+](Cc2ccccc2)CC1. The number of benzene rings is 2. The Morgan fingerprint density at radius 2 is 1.45 bits per heavy atom. The van der Waals surface area contributed by atoms with Crippen LogP contribution in [0.25, 0.3) is 0 Å². The molecule has 2 fully saturated rings. The van der Waals surface area contributed by atoms with E-state index in [0.717, 1.165) is 51.1 Å². The summed E-state index contributed by atoms with van der Waals surface area (Å²) in [7, 11) is 0. The molecule has 2 aliphatic rings. The summed E-state index contributed by atoms with van der Waals surface area (Å²) in [4.78, 5) is 29.9. The van der Waals surface area contributed by atoms with Crippen LogP contribution in [0.2, 0.25) is 0 Å². The molecule has 0 saturated carbocycles. The first kappa shape index (κ1) is 21.5. The van der Waals surface area contributed by atoms with Gasteiger partial charge in [-0.05, 0) is 12.1 Å². The van der Waals surface area contributed by atoms with Gasteiger partial charge in [-0.25, -0.2) is 0 Å². The van der Waals surface area contributed by atoms with Crippen molar-refractivity contribution in [2.75, 3.05) is 45.8 Å². The molecule has 6 nitrogen and oxygen atoms in total. The summed E-state index contributed by atoms with van der Waals surface area (Å²) < 4.78 is 0. The summed E-state index contributed by atoms with van der Waals surface area (Å²) in [5, 5.41) is 3.26. The van der Waals surface area contributed by atoms with E-state index in [1.807, 2.05) is 35.2 Å². The standard InChI is InChI=1S/C25H32N4O2/c30-24(26-23-11-13-27(14-12-23)19-21-7-3-1-4-8-21)20-28-15-17-29(18-16-28)25(31)22-9-5-2-6-10-22/h1-10,23H,11-20H2,(H,26,30)/p+2. The average Bonchev–Trinajstić information content (AvgIpc) is 2.82. The van der Waals surface area contributed by atoms with Crippen LogP contribution >= 0.6 is 0 Å². The number of hydrogen-bond acceptors (Lipinski definition) is 2. The molecule has 0 unspecified atom stereocenters. The second kappa shape index (κ2) is 10.6. The van der Waals surface area contributed by atoms with Gasteiger partial charge < -0.3 is 20.0 Å². The number of hydrogen-bond donors (Lipinski definition) is 3. The maximum Gasteiger partial charge on any atom is 0.275 e. The molecule has 2 aromatic carbocycles. The van der Waals surface area contributed by atoms with Crippen LogP contribution in [-0.4, -0.2) is 68.6 Å². The van der Waals surface area contributed by atoms with Crippen molar-refractivity contribution >= 4 is 11.8 Å². The minimum absolute atomic E-state index is 0.0915. The van der Waals surface area contributed by atoms with Crippen LogP contribution < -0.4 is 15.1 Å². The van der Waals surface area contributed by atoms with Crippen molar-refractivity contribution in [3.05, 3.63) is 71.8 Å². The lowest BCUT2D eigenvalue weighted by Gasteiger charge is -2.33. The number of rotatable bonds is 6. The van der Waals surface area contributed by atoms with Gasteiger partial charge in [0.05, 0.1) is 39.3 Å². The third kappa shape index (κ3) is 6.15. The molecule has 4 rings (SSSR count). The molecule has 164 valence electrons. The van der Waals surface area contributed by atoms with E-state index in [2.05, 4.69) is 35.6 Å². The van der Waals surface area contributed by atoms with Crippen LogP contribution in [0.1, 0.15) is 28.8 Å². The number of carbonyl (C=O) groups excluding carboxylic acids is 2. The van der Waals surface area contributed by atoms with E-state index in [-0.39, 0.29) is 11.8 Å². The van der Waals surface area contributed by atoms with Gasteiger partial charge in [-0.2, -0.15) is 0 Å². The zero-order chi connectivity index (χ0) is 21.5. The van der Waals surface area contributed by atoms with Crippen LogP contribution in [0.5, 0.6) is 0 Å². The fourth-order valence-electron chi connectivity index (χ4n) is 4.70. The zero-order valence-electron chi connectivity index (χ0n) is 18.2. The molecule has 2 aliphatic heterocycles. The highest BCUT2D eigenvalue weighted by atomic mass is 16.2. The predicted octanol–water partition coefficient (Wildman–Crippen LogP) is -0.609. The van der Waals surface area contributed by atoms with Crippen LogP contribution in [0.15, 0.2) is 60.7 Å². The Morgan fingerprint density at radius 3 is 2.10 bits per heavy atom. The topological polar surface area (TPSA) is 58.3 Å². The van der Waals surface area contributed by atoms with Gasteiger partial charge >= 0.3 is 0 Å². The average molecular weight is 423 g/mol. The Hall–Kier alpha value is -2.70. The van der Waals surface area contributed by atoms with Gasteiger partial charge in [0.1, 0.15) is 6.54 Å². The molecule has 0 radical (unpaired) electrons. The molecule has 6 heteroatoms. The first-order chi connectivity index (χ1) is 15.2. The van der Waals surface area contributed by atoms with Gasteiger partial charge in [0, 0.05) is 30.0 Å². The van der Waals surface area contributed by atoms with Crippen molar-refractivity contribution in [2.45, 2.75) is 25.4 Å². The van der Waals surface area contributed by atoms with Crippen molar-refractivity contribution in [3.63, 3.8) is 0 Å². The largest absolute Gasteiger partial charge is 0.348 e. The smallest absolute Gasteiger partial charge is 0.275 e. The van der Waals surface area contributed by atoms with E-state index in [1.165, 1.54) is 10.5 Å². The molecular weight excluding hydrogens is 388 g/mol. The molecule has 2 heterocycles. The minimum Gasteiger partial charge on any atom is -0.348 e. The summed E-state index contributed by atoms with van der Waals surface area (Å²) >= 11 is 0. The Morgan fingerprint density at radius 1 is 0.839 bits per heavy atom. The fraction of sp³-hybridized carbons (Fsp3) is 0.440. The van der Waals surface area contributed by atoms with Gasteiger partial charge in [-0.3, -0.25) is 9.59 Å². The highest BCUT2D eigenvalue weighted by molar-refractivity contribution is 5.94. The summed E-state index contributed by atoms with van der Waals surface area (Å²) in [6.07, 6.45) is 2.09. The summed E-state index contributed by atoms with van der Waals surface area (Å²) in [6.45, 7) is 6.84. The van der Waals surface area contributed by atoms with E-state index < -0.39 is 0 Å². The number of carbonyl (C=O) groups is 2. The van der Waals surface area contributed by atoms with E-state index >= 15 is 0 Å². The molecule has 0 aromatic heterocycles. The molecule has 2 amide bonds. The Bertz CT molecular complexity index is 842. The normalized spacial score (nSPS) is 22.1. The van der Waals surface area contributed by atoms with Crippen LogP contribution in [0.3, 0.4) is 0 Å². The second-order valence-corrected chi connectivity index (χ2v) is 8.84. The van der Waals surface area contributed by atoms with Gasteiger partial charge in [0.15, 0.2) is 6.54 Å². The maximum absolute atomic E-state index is 12.6. The van der Waals surface area contributed by atoms with Crippen LogP contribution in [0.4, 0.5) is 0 Å². The van der Waals surface area contributed by atoms with Crippen molar-refractivity contribution < 1.29 is 19.4 Å². The maximum atomic E-state index is 12.6. The number of piperazine rings is 1. The van der Waals surface area contributed by atoms with E-state index in [0.29, 0.717) is 25.7 Å². The summed E-state index contributed by atoms with van der Waals surface area (Å²) in [6, 6.07) is 20.4. The van der Waals surface area contributed by atoms with Gasteiger partial charge in [-0.15, -0.1) is 0 Å². The first-order valence-corrected chi connectivity index (χ1v) is 11.5. The van der Waals surface area contributed by atoms with Crippen molar-refractivity contribution in [2.24, 2.45) is 0 Å². The summed E-state index contributed by atoms with van der Waals surface area (Å²) in [5.41, 5.74) is 2.12. The Balaban J connectivity index is 1.15. The zero-order valence-corrected chi connectivity index (χ0v) is 18.2. The number of piperidine rings is 1. The molecule has 0 bridgehead atoms. The predicted molar refractivity (Wildman–Crippen MR) is 120 cm³/mol. The number of amides is 2. The second-order valence-electron chi connectivity index (χ2n) is 8.84. The van der Waals surface area contributed by atoms with Gasteiger partial charge in [-0.1, -0.05) is 48.5 Å². The Labute approximate surface area is 184 Å². The highest BCUT2D eigenvalue weighted by Crippen LogP contribution is 2.05. The molecule has 0 aliphatic carbocycles. The van der Waals surface area contributed by atoms with E-state index in [1.54, 1.807) is 4.90 Å². The lowest BCUT2D eigenvalue weighted by molar-refractivity contribution is -0.918. The summed E-state index contributed by atoms with van der Waals surface area (Å²) in [5.74, 6) is 0.239. The molecule has 2 saturated heterocycles. The number of nitrogens with one attached hydrogen (secondary N) is 3. The number of quaternary nitrogens is 2. The first-order valence-electron chi connectivity index (χ1n) is 11.5. The monoisotopic (exact) mass is 422 g/mol. The third-order valence-corrected chi connectivity index (χ3v) is 6.54. The van der Waals surface area contributed by atoms with Gasteiger partial charge in [0.25, 0.3) is 11.8 Å². The molecule has 31 heavy (non-hydrogen) atoms. The molecule has 3 N–H and O–H groups in total. The quantitative estimate of drug-likeness (QED) is 0.582. The lowest BCUT2D eigenvalue weighted by atomic mass is 10.0. The molecular formula is C25H34N4O2+2. The third-order valence-electron chi connectivity index (χ3n) is 6.54. The number of likely N-dealkylation sites (tertiary alicyclic amines) is 1. The Kier molecular flexibility index (Phi) is 7.33. The van der Waals surface area contributed by atoms with Crippen molar-refractivity contribution in [1.82, 2.24) is 10.2 Å². The fourth-order valence-corrected chi connectivity index (χ4v) is 4.70.